The predicted octanol–water partition coefficient (Wildman–Crippen LogP) is 2.23. The molecule has 4 nitrogen and oxygen atoms in total. The SMILES string of the molecule is CNCC(=O)NCC1CCN(c2cc(Cl)ccc2C)C1.Cl. The Kier molecular flexibility index (Phi) is 7.29. The monoisotopic (exact) mass is 331 g/mol. The zero-order valence-electron chi connectivity index (χ0n) is 12.5. The maximum absolute atomic E-state index is 11.4. The molecule has 2 rings (SSSR count). The van der Waals surface area contributed by atoms with Gasteiger partial charge in [-0.05, 0) is 44.0 Å². The van der Waals surface area contributed by atoms with Gasteiger partial charge in [-0.1, -0.05) is 17.7 Å². The van der Waals surface area contributed by atoms with E-state index in [0.29, 0.717) is 12.5 Å². The van der Waals surface area contributed by atoms with Gasteiger partial charge in [-0.3, -0.25) is 4.79 Å². The molecule has 1 saturated heterocycles. The molecule has 118 valence electrons. The van der Waals surface area contributed by atoms with Gasteiger partial charge < -0.3 is 15.5 Å². The Balaban J connectivity index is 0.00000220. The number of rotatable bonds is 5. The predicted molar refractivity (Wildman–Crippen MR) is 90.7 cm³/mol. The van der Waals surface area contributed by atoms with Crippen LogP contribution in [0.25, 0.3) is 0 Å². The number of carbonyl (C=O) groups is 1. The van der Waals surface area contributed by atoms with Crippen molar-refractivity contribution < 1.29 is 4.79 Å². The summed E-state index contributed by atoms with van der Waals surface area (Å²) in [6, 6.07) is 6.00. The molecule has 1 aromatic carbocycles. The van der Waals surface area contributed by atoms with Crippen molar-refractivity contribution in [1.82, 2.24) is 10.6 Å². The Hall–Kier alpha value is -0.970. The fourth-order valence-corrected chi connectivity index (χ4v) is 2.79. The second kappa shape index (κ2) is 8.47. The van der Waals surface area contributed by atoms with Crippen molar-refractivity contribution in [3.8, 4) is 0 Å². The van der Waals surface area contributed by atoms with Gasteiger partial charge in [-0.25, -0.2) is 0 Å². The van der Waals surface area contributed by atoms with Crippen LogP contribution in [0.4, 0.5) is 5.69 Å². The van der Waals surface area contributed by atoms with Crippen molar-refractivity contribution in [1.29, 1.82) is 0 Å². The number of aryl methyl sites for hydroxylation is 1. The number of nitrogens with one attached hydrogen (secondary N) is 2. The van der Waals surface area contributed by atoms with E-state index in [-0.39, 0.29) is 18.3 Å². The van der Waals surface area contributed by atoms with E-state index < -0.39 is 0 Å². The number of benzene rings is 1. The van der Waals surface area contributed by atoms with E-state index in [4.69, 9.17) is 11.6 Å². The fraction of sp³-hybridized carbons (Fsp3) is 0.533. The van der Waals surface area contributed by atoms with E-state index in [1.807, 2.05) is 12.1 Å². The third-order valence-electron chi connectivity index (χ3n) is 3.72. The third-order valence-corrected chi connectivity index (χ3v) is 3.96. The number of amides is 1. The largest absolute Gasteiger partial charge is 0.371 e. The van der Waals surface area contributed by atoms with E-state index in [1.54, 1.807) is 7.05 Å². The molecule has 1 unspecified atom stereocenters. The number of halogens is 2. The summed E-state index contributed by atoms with van der Waals surface area (Å²) in [5, 5.41) is 6.60. The Morgan fingerprint density at radius 3 is 2.95 bits per heavy atom. The van der Waals surface area contributed by atoms with Gasteiger partial charge in [-0.15, -0.1) is 12.4 Å². The standard InChI is InChI=1S/C15H22ClN3O.ClH/c1-11-3-4-13(16)7-14(11)19-6-5-12(10-19)8-18-15(20)9-17-2;/h3-4,7,12,17H,5-6,8-10H2,1-2H3,(H,18,20);1H. The molecular formula is C15H23Cl2N3O. The summed E-state index contributed by atoms with van der Waals surface area (Å²) in [5.74, 6) is 0.569. The zero-order chi connectivity index (χ0) is 14.5. The lowest BCUT2D eigenvalue weighted by atomic mass is 10.1. The summed E-state index contributed by atoms with van der Waals surface area (Å²) in [6.07, 6.45) is 1.10. The van der Waals surface area contributed by atoms with Crippen molar-refractivity contribution >= 4 is 35.6 Å². The first-order valence-electron chi connectivity index (χ1n) is 7.02. The average molecular weight is 332 g/mol. The molecule has 0 aromatic heterocycles. The topological polar surface area (TPSA) is 44.4 Å². The zero-order valence-corrected chi connectivity index (χ0v) is 14.1. The lowest BCUT2D eigenvalue weighted by molar-refractivity contribution is -0.120. The minimum atomic E-state index is 0. The molecule has 21 heavy (non-hydrogen) atoms. The quantitative estimate of drug-likeness (QED) is 0.869. The first kappa shape index (κ1) is 18.1. The Morgan fingerprint density at radius 2 is 2.24 bits per heavy atom. The highest BCUT2D eigenvalue weighted by Crippen LogP contribution is 2.29. The van der Waals surface area contributed by atoms with Crippen molar-refractivity contribution in [2.24, 2.45) is 5.92 Å². The summed E-state index contributed by atoms with van der Waals surface area (Å²) in [4.78, 5) is 13.8. The van der Waals surface area contributed by atoms with Gasteiger partial charge in [-0.2, -0.15) is 0 Å². The molecule has 1 aliphatic heterocycles. The smallest absolute Gasteiger partial charge is 0.233 e. The highest BCUT2D eigenvalue weighted by Gasteiger charge is 2.24. The summed E-state index contributed by atoms with van der Waals surface area (Å²) < 4.78 is 0. The second-order valence-electron chi connectivity index (χ2n) is 5.37. The summed E-state index contributed by atoms with van der Waals surface area (Å²) in [5.41, 5.74) is 2.45. The fourth-order valence-electron chi connectivity index (χ4n) is 2.62. The first-order chi connectivity index (χ1) is 9.60. The maximum Gasteiger partial charge on any atom is 0.233 e. The number of anilines is 1. The van der Waals surface area contributed by atoms with E-state index in [0.717, 1.165) is 31.1 Å². The van der Waals surface area contributed by atoms with E-state index >= 15 is 0 Å². The molecule has 1 amide bonds. The number of likely N-dealkylation sites (N-methyl/N-ethyl adjacent to an activating group) is 1. The van der Waals surface area contributed by atoms with E-state index in [2.05, 4.69) is 28.5 Å². The van der Waals surface area contributed by atoms with Crippen LogP contribution < -0.4 is 15.5 Å². The van der Waals surface area contributed by atoms with Gasteiger partial charge >= 0.3 is 0 Å². The van der Waals surface area contributed by atoms with Gasteiger partial charge in [0, 0.05) is 30.3 Å². The number of hydrogen-bond donors (Lipinski definition) is 2. The lowest BCUT2D eigenvalue weighted by Crippen LogP contribution is -2.36. The lowest BCUT2D eigenvalue weighted by Gasteiger charge is -2.21. The van der Waals surface area contributed by atoms with Crippen LogP contribution in [-0.4, -0.2) is 39.1 Å². The van der Waals surface area contributed by atoms with Crippen molar-refractivity contribution in [3.05, 3.63) is 28.8 Å². The van der Waals surface area contributed by atoms with Crippen LogP contribution in [0.5, 0.6) is 0 Å². The molecule has 0 radical (unpaired) electrons. The molecule has 1 aromatic rings. The maximum atomic E-state index is 11.4. The van der Waals surface area contributed by atoms with Crippen LogP contribution in [0.15, 0.2) is 18.2 Å². The molecule has 0 saturated carbocycles. The molecule has 1 aliphatic rings. The molecule has 0 aliphatic carbocycles. The molecule has 1 atom stereocenters. The summed E-state index contributed by atoms with van der Waals surface area (Å²) in [7, 11) is 1.78. The van der Waals surface area contributed by atoms with Crippen LogP contribution in [0.2, 0.25) is 5.02 Å². The third kappa shape index (κ3) is 5.06. The summed E-state index contributed by atoms with van der Waals surface area (Å²) in [6.45, 7) is 5.23. The number of carbonyl (C=O) groups excluding carboxylic acids is 1. The first-order valence-corrected chi connectivity index (χ1v) is 7.40. The normalized spacial score (nSPS) is 17.5. The van der Waals surface area contributed by atoms with Crippen LogP contribution >= 0.6 is 24.0 Å². The number of hydrogen-bond acceptors (Lipinski definition) is 3. The molecule has 6 heteroatoms. The molecular weight excluding hydrogens is 309 g/mol. The van der Waals surface area contributed by atoms with Crippen LogP contribution in [0, 0.1) is 12.8 Å². The molecule has 2 N–H and O–H groups in total. The average Bonchev–Trinajstić information content (AvgIpc) is 2.88. The van der Waals surface area contributed by atoms with Crippen molar-refractivity contribution in [2.45, 2.75) is 13.3 Å². The molecule has 1 fully saturated rings. The van der Waals surface area contributed by atoms with Gasteiger partial charge in [0.05, 0.1) is 6.54 Å². The minimum Gasteiger partial charge on any atom is -0.371 e. The molecule has 0 bridgehead atoms. The van der Waals surface area contributed by atoms with E-state index in [1.165, 1.54) is 11.3 Å². The van der Waals surface area contributed by atoms with Crippen LogP contribution in [0.1, 0.15) is 12.0 Å². The highest BCUT2D eigenvalue weighted by atomic mass is 35.5. The van der Waals surface area contributed by atoms with Gasteiger partial charge in [0.1, 0.15) is 0 Å². The Bertz CT molecular complexity index is 482. The van der Waals surface area contributed by atoms with Crippen LogP contribution in [0.3, 0.4) is 0 Å². The van der Waals surface area contributed by atoms with Gasteiger partial charge in [0.25, 0.3) is 0 Å². The molecule has 0 spiro atoms. The minimum absolute atomic E-state index is 0. The van der Waals surface area contributed by atoms with Gasteiger partial charge in [0.15, 0.2) is 0 Å². The van der Waals surface area contributed by atoms with Crippen LogP contribution in [-0.2, 0) is 4.79 Å². The number of nitrogens with zero attached hydrogens (tertiary/aromatic N) is 1. The van der Waals surface area contributed by atoms with E-state index in [9.17, 15) is 4.79 Å². The second-order valence-corrected chi connectivity index (χ2v) is 5.80. The van der Waals surface area contributed by atoms with Crippen molar-refractivity contribution in [3.63, 3.8) is 0 Å². The highest BCUT2D eigenvalue weighted by molar-refractivity contribution is 6.30. The van der Waals surface area contributed by atoms with Crippen molar-refractivity contribution in [2.75, 3.05) is 38.1 Å². The van der Waals surface area contributed by atoms with Gasteiger partial charge in [0.2, 0.25) is 5.91 Å². The molecule has 1 heterocycles. The Labute approximate surface area is 137 Å². The summed E-state index contributed by atoms with van der Waals surface area (Å²) >= 11 is 6.08. The Morgan fingerprint density at radius 1 is 1.48 bits per heavy atom.